The minimum absolute atomic E-state index is 0.0463. The van der Waals surface area contributed by atoms with E-state index in [1.807, 2.05) is 0 Å². The quantitative estimate of drug-likeness (QED) is 0.931. The number of nitrogens with one attached hydrogen (secondary N) is 1. The van der Waals surface area contributed by atoms with Crippen molar-refractivity contribution in [3.63, 3.8) is 0 Å². The van der Waals surface area contributed by atoms with Crippen LogP contribution in [0.2, 0.25) is 0 Å². The molecule has 0 saturated carbocycles. The Morgan fingerprint density at radius 3 is 2.80 bits per heavy atom. The van der Waals surface area contributed by atoms with E-state index in [-0.39, 0.29) is 37.3 Å². The molecule has 128 valence electrons. The van der Waals surface area contributed by atoms with Crippen molar-refractivity contribution in [1.82, 2.24) is 0 Å². The molecule has 4 rings (SSSR count). The molecule has 25 heavy (non-hydrogen) atoms. The average Bonchev–Trinajstić information content (AvgIpc) is 3.21. The number of nitrogens with zero attached hydrogens (tertiary/aromatic N) is 1. The van der Waals surface area contributed by atoms with Gasteiger partial charge in [0.1, 0.15) is 5.82 Å². The van der Waals surface area contributed by atoms with Crippen LogP contribution in [0.1, 0.15) is 6.42 Å². The molecule has 1 fully saturated rings. The van der Waals surface area contributed by atoms with E-state index in [1.165, 1.54) is 17.0 Å². The maximum atomic E-state index is 13.9. The number of hydrogen-bond donors (Lipinski definition) is 1. The highest BCUT2D eigenvalue weighted by Crippen LogP contribution is 2.34. The van der Waals surface area contributed by atoms with Crippen molar-refractivity contribution >= 4 is 23.2 Å². The Labute approximate surface area is 143 Å². The number of rotatable bonds is 3. The number of para-hydroxylation sites is 1. The van der Waals surface area contributed by atoms with Crippen LogP contribution >= 0.6 is 0 Å². The monoisotopic (exact) mass is 342 g/mol. The van der Waals surface area contributed by atoms with Crippen LogP contribution in [0.4, 0.5) is 15.8 Å². The number of benzene rings is 2. The Morgan fingerprint density at radius 1 is 1.16 bits per heavy atom. The summed E-state index contributed by atoms with van der Waals surface area (Å²) in [5.74, 6) is -0.389. The predicted octanol–water partition coefficient (Wildman–Crippen LogP) is 2.55. The summed E-state index contributed by atoms with van der Waals surface area (Å²) in [5.41, 5.74) is 0.761. The molecule has 1 N–H and O–H groups in total. The van der Waals surface area contributed by atoms with Gasteiger partial charge in [-0.15, -0.1) is 0 Å². The first kappa shape index (κ1) is 15.4. The fourth-order valence-electron chi connectivity index (χ4n) is 3.01. The third-order valence-corrected chi connectivity index (χ3v) is 4.28. The fraction of sp³-hybridized carbons (Fsp3) is 0.222. The number of carbonyl (C=O) groups excluding carboxylic acids is 2. The molecule has 2 aromatic carbocycles. The van der Waals surface area contributed by atoms with Crippen molar-refractivity contribution in [2.24, 2.45) is 5.92 Å². The van der Waals surface area contributed by atoms with Crippen molar-refractivity contribution in [2.45, 2.75) is 6.42 Å². The molecule has 0 aromatic heterocycles. The molecule has 2 aromatic rings. The lowest BCUT2D eigenvalue weighted by Crippen LogP contribution is -2.28. The molecule has 2 heterocycles. The lowest BCUT2D eigenvalue weighted by molar-refractivity contribution is -0.122. The molecule has 2 aliphatic heterocycles. The van der Waals surface area contributed by atoms with Crippen LogP contribution in [0, 0.1) is 11.7 Å². The van der Waals surface area contributed by atoms with Crippen LogP contribution in [-0.4, -0.2) is 25.2 Å². The van der Waals surface area contributed by atoms with Gasteiger partial charge in [0, 0.05) is 24.7 Å². The van der Waals surface area contributed by atoms with Crippen molar-refractivity contribution in [3.8, 4) is 11.5 Å². The molecule has 2 aliphatic rings. The summed E-state index contributed by atoms with van der Waals surface area (Å²) in [5, 5.41) is 2.77. The molecule has 0 radical (unpaired) electrons. The second kappa shape index (κ2) is 6.08. The van der Waals surface area contributed by atoms with E-state index in [2.05, 4.69) is 5.32 Å². The number of carbonyl (C=O) groups is 2. The molecule has 1 atom stereocenters. The molecular formula is C18H15FN2O4. The summed E-state index contributed by atoms with van der Waals surface area (Å²) in [4.78, 5) is 26.0. The van der Waals surface area contributed by atoms with Crippen molar-refractivity contribution in [3.05, 3.63) is 48.3 Å². The standard InChI is InChI=1S/C18H15FN2O4/c19-13-3-1-2-4-14(13)21-9-11(7-17(21)22)18(23)20-12-5-6-15-16(8-12)25-10-24-15/h1-6,8,11H,7,9-10H2,(H,20,23)/t11-/m1/s1. The summed E-state index contributed by atoms with van der Waals surface area (Å²) < 4.78 is 24.4. The number of ether oxygens (including phenoxy) is 2. The van der Waals surface area contributed by atoms with Crippen molar-refractivity contribution < 1.29 is 23.5 Å². The summed E-state index contributed by atoms with van der Waals surface area (Å²) in [6.45, 7) is 0.303. The minimum atomic E-state index is -0.544. The van der Waals surface area contributed by atoms with E-state index in [9.17, 15) is 14.0 Å². The molecular weight excluding hydrogens is 327 g/mol. The molecule has 0 bridgehead atoms. The van der Waals surface area contributed by atoms with Gasteiger partial charge in [0.25, 0.3) is 0 Å². The summed E-state index contributed by atoms with van der Waals surface area (Å²) in [6, 6.07) is 11.1. The van der Waals surface area contributed by atoms with Crippen LogP contribution in [0.5, 0.6) is 11.5 Å². The number of amides is 2. The SMILES string of the molecule is O=C(Nc1ccc2c(c1)OCO2)[C@@H]1CC(=O)N(c2ccccc2F)C1. The van der Waals surface area contributed by atoms with Crippen molar-refractivity contribution in [1.29, 1.82) is 0 Å². The molecule has 6 nitrogen and oxygen atoms in total. The van der Waals surface area contributed by atoms with Gasteiger partial charge in [-0.1, -0.05) is 12.1 Å². The number of anilines is 2. The maximum Gasteiger partial charge on any atom is 0.231 e. The summed E-state index contributed by atoms with van der Waals surface area (Å²) in [7, 11) is 0. The van der Waals surface area contributed by atoms with Gasteiger partial charge < -0.3 is 19.7 Å². The van der Waals surface area contributed by atoms with Gasteiger partial charge in [0.15, 0.2) is 11.5 Å². The molecule has 0 spiro atoms. The normalized spacial score (nSPS) is 18.5. The Bertz CT molecular complexity index is 855. The molecule has 0 aliphatic carbocycles. The van der Waals surface area contributed by atoms with Crippen LogP contribution in [0.15, 0.2) is 42.5 Å². The van der Waals surface area contributed by atoms with Crippen LogP contribution in [0.25, 0.3) is 0 Å². The highest BCUT2D eigenvalue weighted by molar-refractivity contribution is 6.03. The molecule has 2 amide bonds. The third kappa shape index (κ3) is 2.88. The van der Waals surface area contributed by atoms with Gasteiger partial charge in [0.05, 0.1) is 11.6 Å². The van der Waals surface area contributed by atoms with Crippen LogP contribution in [-0.2, 0) is 9.59 Å². The minimum Gasteiger partial charge on any atom is -0.454 e. The Balaban J connectivity index is 1.47. The fourth-order valence-corrected chi connectivity index (χ4v) is 3.01. The van der Waals surface area contributed by atoms with Gasteiger partial charge in [-0.25, -0.2) is 4.39 Å². The Kier molecular flexibility index (Phi) is 3.76. The zero-order valence-corrected chi connectivity index (χ0v) is 13.2. The maximum absolute atomic E-state index is 13.9. The first-order valence-corrected chi connectivity index (χ1v) is 7.87. The van der Waals surface area contributed by atoms with Gasteiger partial charge in [-0.05, 0) is 24.3 Å². The van der Waals surface area contributed by atoms with E-state index >= 15 is 0 Å². The van der Waals surface area contributed by atoms with Crippen LogP contribution in [0.3, 0.4) is 0 Å². The first-order valence-electron chi connectivity index (χ1n) is 7.87. The lowest BCUT2D eigenvalue weighted by atomic mass is 10.1. The Hall–Kier alpha value is -3.09. The average molecular weight is 342 g/mol. The van der Waals surface area contributed by atoms with E-state index in [4.69, 9.17) is 9.47 Å². The van der Waals surface area contributed by atoms with Gasteiger partial charge in [0.2, 0.25) is 18.6 Å². The van der Waals surface area contributed by atoms with E-state index in [0.29, 0.717) is 17.2 Å². The van der Waals surface area contributed by atoms with Gasteiger partial charge in [-0.2, -0.15) is 0 Å². The lowest BCUT2D eigenvalue weighted by Gasteiger charge is -2.17. The van der Waals surface area contributed by atoms with Gasteiger partial charge >= 0.3 is 0 Å². The molecule has 7 heteroatoms. The van der Waals surface area contributed by atoms with E-state index in [0.717, 1.165) is 0 Å². The van der Waals surface area contributed by atoms with E-state index < -0.39 is 11.7 Å². The van der Waals surface area contributed by atoms with E-state index in [1.54, 1.807) is 30.3 Å². The zero-order chi connectivity index (χ0) is 17.4. The second-order valence-electron chi connectivity index (χ2n) is 5.91. The van der Waals surface area contributed by atoms with Crippen molar-refractivity contribution in [2.75, 3.05) is 23.6 Å². The summed E-state index contributed by atoms with van der Waals surface area (Å²) in [6.07, 6.45) is 0.0463. The largest absolute Gasteiger partial charge is 0.454 e. The molecule has 1 saturated heterocycles. The smallest absolute Gasteiger partial charge is 0.231 e. The number of halogens is 1. The first-order chi connectivity index (χ1) is 12.1. The Morgan fingerprint density at radius 2 is 1.96 bits per heavy atom. The zero-order valence-electron chi connectivity index (χ0n) is 13.2. The highest BCUT2D eigenvalue weighted by Gasteiger charge is 2.36. The predicted molar refractivity (Wildman–Crippen MR) is 88.1 cm³/mol. The highest BCUT2D eigenvalue weighted by atomic mass is 19.1. The topological polar surface area (TPSA) is 67.9 Å². The number of hydrogen-bond acceptors (Lipinski definition) is 4. The number of fused-ring (bicyclic) bond motifs is 1. The molecule has 0 unspecified atom stereocenters. The summed E-state index contributed by atoms with van der Waals surface area (Å²) >= 11 is 0. The second-order valence-corrected chi connectivity index (χ2v) is 5.91. The van der Waals surface area contributed by atoms with Crippen LogP contribution < -0.4 is 19.7 Å². The van der Waals surface area contributed by atoms with Gasteiger partial charge in [-0.3, -0.25) is 9.59 Å². The third-order valence-electron chi connectivity index (χ3n) is 4.28.